The van der Waals surface area contributed by atoms with Crippen LogP contribution >= 0.6 is 11.6 Å². The van der Waals surface area contributed by atoms with E-state index in [1.165, 1.54) is 0 Å². The van der Waals surface area contributed by atoms with Crippen molar-refractivity contribution >= 4 is 17.4 Å². The van der Waals surface area contributed by atoms with Crippen LogP contribution in [0.25, 0.3) is 0 Å². The van der Waals surface area contributed by atoms with E-state index in [9.17, 15) is 13.2 Å². The fourth-order valence-electron chi connectivity index (χ4n) is 2.86. The van der Waals surface area contributed by atoms with E-state index >= 15 is 0 Å². The zero-order valence-electron chi connectivity index (χ0n) is 15.5. The van der Waals surface area contributed by atoms with Crippen LogP contribution in [-0.2, 0) is 18.1 Å². The second kappa shape index (κ2) is 7.31. The normalized spacial score (nSPS) is 16.8. The molecule has 0 radical (unpaired) electrons. The third-order valence-corrected chi connectivity index (χ3v) is 4.75. The van der Waals surface area contributed by atoms with E-state index in [0.717, 1.165) is 18.0 Å². The standard InChI is InChI=1S/C18H22ClF3N4O/c1-17(2,3)14-10-23-15(27-14)11-25-4-6-26(7-5-25)16-13(19)8-12(9-24-16)18(20,21)22/h8-10H,4-7,11H2,1-3H3. The van der Waals surface area contributed by atoms with Crippen LogP contribution in [0.3, 0.4) is 0 Å². The van der Waals surface area contributed by atoms with Crippen molar-refractivity contribution in [3.8, 4) is 0 Å². The maximum atomic E-state index is 12.7. The minimum absolute atomic E-state index is 0.0146. The number of oxazole rings is 1. The smallest absolute Gasteiger partial charge is 0.417 e. The minimum Gasteiger partial charge on any atom is -0.444 e. The zero-order valence-corrected chi connectivity index (χ0v) is 16.2. The molecule has 1 fully saturated rings. The van der Waals surface area contributed by atoms with Gasteiger partial charge in [-0.2, -0.15) is 13.2 Å². The Labute approximate surface area is 161 Å². The molecule has 1 aliphatic heterocycles. The molecule has 1 aliphatic rings. The summed E-state index contributed by atoms with van der Waals surface area (Å²) in [5.41, 5.74) is -0.928. The Morgan fingerprint density at radius 3 is 2.26 bits per heavy atom. The third-order valence-electron chi connectivity index (χ3n) is 4.47. The SMILES string of the molecule is CC(C)(C)c1cnc(CN2CCN(c3ncc(C(F)(F)F)cc3Cl)CC2)o1. The Morgan fingerprint density at radius 2 is 1.74 bits per heavy atom. The van der Waals surface area contributed by atoms with Crippen LogP contribution in [0.1, 0.15) is 38.0 Å². The summed E-state index contributed by atoms with van der Waals surface area (Å²) in [5, 5.41) is 0.0146. The molecule has 0 atom stereocenters. The maximum Gasteiger partial charge on any atom is 0.417 e. The summed E-state index contributed by atoms with van der Waals surface area (Å²) in [6.45, 7) is 9.46. The Hall–Kier alpha value is -1.80. The van der Waals surface area contributed by atoms with Crippen LogP contribution in [0.2, 0.25) is 5.02 Å². The zero-order chi connectivity index (χ0) is 19.8. The molecule has 0 saturated carbocycles. The lowest BCUT2D eigenvalue weighted by Crippen LogP contribution is -2.46. The number of aromatic nitrogens is 2. The number of anilines is 1. The second-order valence-corrected chi connectivity index (χ2v) is 8.07. The molecule has 0 N–H and O–H groups in total. The molecule has 0 amide bonds. The fraction of sp³-hybridized carbons (Fsp3) is 0.556. The first-order valence-electron chi connectivity index (χ1n) is 8.69. The fourth-order valence-corrected chi connectivity index (χ4v) is 3.14. The first-order chi connectivity index (χ1) is 12.5. The van der Waals surface area contributed by atoms with Crippen LogP contribution < -0.4 is 4.90 Å². The van der Waals surface area contributed by atoms with Crippen molar-refractivity contribution in [1.29, 1.82) is 0 Å². The van der Waals surface area contributed by atoms with Gasteiger partial charge in [-0.05, 0) is 6.07 Å². The molecular weight excluding hydrogens is 381 g/mol. The summed E-state index contributed by atoms with van der Waals surface area (Å²) in [5.74, 6) is 1.89. The van der Waals surface area contributed by atoms with Crippen molar-refractivity contribution < 1.29 is 17.6 Å². The van der Waals surface area contributed by atoms with Crippen molar-refractivity contribution in [2.75, 3.05) is 31.1 Å². The van der Waals surface area contributed by atoms with Crippen LogP contribution in [0.5, 0.6) is 0 Å². The van der Waals surface area contributed by atoms with Gasteiger partial charge in [0.15, 0.2) is 0 Å². The highest BCUT2D eigenvalue weighted by atomic mass is 35.5. The highest BCUT2D eigenvalue weighted by molar-refractivity contribution is 6.33. The molecule has 27 heavy (non-hydrogen) atoms. The number of hydrogen-bond acceptors (Lipinski definition) is 5. The van der Waals surface area contributed by atoms with Crippen molar-refractivity contribution in [3.63, 3.8) is 0 Å². The van der Waals surface area contributed by atoms with Crippen molar-refractivity contribution in [1.82, 2.24) is 14.9 Å². The highest BCUT2D eigenvalue weighted by Gasteiger charge is 2.32. The highest BCUT2D eigenvalue weighted by Crippen LogP contribution is 2.33. The number of alkyl halides is 3. The van der Waals surface area contributed by atoms with E-state index < -0.39 is 11.7 Å². The average molecular weight is 403 g/mol. The number of piperazine rings is 1. The Bertz CT molecular complexity index is 793. The van der Waals surface area contributed by atoms with Crippen molar-refractivity contribution in [2.45, 2.75) is 38.9 Å². The molecule has 3 heterocycles. The summed E-state index contributed by atoms with van der Waals surface area (Å²) < 4.78 is 44.0. The third kappa shape index (κ3) is 4.73. The van der Waals surface area contributed by atoms with E-state index in [1.54, 1.807) is 6.20 Å². The lowest BCUT2D eigenvalue weighted by molar-refractivity contribution is -0.137. The molecule has 0 spiro atoms. The second-order valence-electron chi connectivity index (χ2n) is 7.66. The molecule has 0 unspecified atom stereocenters. The van der Waals surface area contributed by atoms with Gasteiger partial charge < -0.3 is 9.32 Å². The molecular formula is C18H22ClF3N4O. The van der Waals surface area contributed by atoms with Gasteiger partial charge in [-0.1, -0.05) is 32.4 Å². The first kappa shape index (κ1) is 19.9. The predicted octanol–water partition coefficient (Wildman–Crippen LogP) is 4.36. The van der Waals surface area contributed by atoms with Gasteiger partial charge in [0.25, 0.3) is 0 Å². The number of nitrogens with zero attached hydrogens (tertiary/aromatic N) is 4. The Morgan fingerprint density at radius 1 is 1.07 bits per heavy atom. The molecule has 148 valence electrons. The van der Waals surface area contributed by atoms with E-state index in [1.807, 2.05) is 4.90 Å². The van der Waals surface area contributed by atoms with E-state index in [0.29, 0.717) is 44.4 Å². The van der Waals surface area contributed by atoms with E-state index in [4.69, 9.17) is 16.0 Å². The van der Waals surface area contributed by atoms with Crippen molar-refractivity contribution in [3.05, 3.63) is 40.7 Å². The summed E-state index contributed by atoms with van der Waals surface area (Å²) in [4.78, 5) is 12.4. The quantitative estimate of drug-likeness (QED) is 0.763. The van der Waals surface area contributed by atoms with Crippen LogP contribution in [-0.4, -0.2) is 41.0 Å². The van der Waals surface area contributed by atoms with Gasteiger partial charge >= 0.3 is 6.18 Å². The number of rotatable bonds is 3. The van der Waals surface area contributed by atoms with Gasteiger partial charge in [0.05, 0.1) is 23.3 Å². The maximum absolute atomic E-state index is 12.7. The van der Waals surface area contributed by atoms with Crippen LogP contribution in [0, 0.1) is 0 Å². The monoisotopic (exact) mass is 402 g/mol. The van der Waals surface area contributed by atoms with Gasteiger partial charge in [-0.15, -0.1) is 0 Å². The summed E-state index contributed by atoms with van der Waals surface area (Å²) in [7, 11) is 0. The molecule has 9 heteroatoms. The molecule has 5 nitrogen and oxygen atoms in total. The summed E-state index contributed by atoms with van der Waals surface area (Å²) in [6, 6.07) is 0.928. The molecule has 2 aromatic heterocycles. The Balaban J connectivity index is 1.60. The van der Waals surface area contributed by atoms with Gasteiger partial charge in [0, 0.05) is 37.8 Å². The number of halogens is 4. The largest absolute Gasteiger partial charge is 0.444 e. The summed E-state index contributed by atoms with van der Waals surface area (Å²) >= 11 is 6.04. The van der Waals surface area contributed by atoms with Crippen LogP contribution in [0.15, 0.2) is 22.9 Å². The first-order valence-corrected chi connectivity index (χ1v) is 9.07. The predicted molar refractivity (Wildman–Crippen MR) is 96.9 cm³/mol. The lowest BCUT2D eigenvalue weighted by Gasteiger charge is -2.35. The number of pyridine rings is 1. The molecule has 3 rings (SSSR count). The van der Waals surface area contributed by atoms with E-state index in [2.05, 4.69) is 35.6 Å². The lowest BCUT2D eigenvalue weighted by atomic mass is 9.94. The van der Waals surface area contributed by atoms with Gasteiger partial charge in [0.1, 0.15) is 11.6 Å². The number of hydrogen-bond donors (Lipinski definition) is 0. The van der Waals surface area contributed by atoms with Crippen molar-refractivity contribution in [2.24, 2.45) is 0 Å². The van der Waals surface area contributed by atoms with Gasteiger partial charge in [-0.3, -0.25) is 4.90 Å². The molecule has 0 bridgehead atoms. The topological polar surface area (TPSA) is 45.4 Å². The van der Waals surface area contributed by atoms with Gasteiger partial charge in [-0.25, -0.2) is 9.97 Å². The van der Waals surface area contributed by atoms with Gasteiger partial charge in [0.2, 0.25) is 5.89 Å². The molecule has 0 aromatic carbocycles. The molecule has 2 aromatic rings. The average Bonchev–Trinajstić information content (AvgIpc) is 3.04. The minimum atomic E-state index is -4.45. The molecule has 0 aliphatic carbocycles. The molecule has 1 saturated heterocycles. The van der Waals surface area contributed by atoms with E-state index in [-0.39, 0.29) is 10.4 Å². The Kier molecular flexibility index (Phi) is 5.40. The van der Waals surface area contributed by atoms with Crippen LogP contribution in [0.4, 0.5) is 19.0 Å². The summed E-state index contributed by atoms with van der Waals surface area (Å²) in [6.07, 6.45) is -1.86.